The molecule has 3 aromatic rings. The molecule has 0 unspecified atom stereocenters. The summed E-state index contributed by atoms with van der Waals surface area (Å²) in [6.45, 7) is -6.46. The van der Waals surface area contributed by atoms with E-state index in [-0.39, 0.29) is 11.2 Å². The normalized spacial score (nSPS) is 17.7. The summed E-state index contributed by atoms with van der Waals surface area (Å²) in [6, 6.07) is 8.78. The molecule has 23 heavy (non-hydrogen) atoms. The third-order valence-corrected chi connectivity index (χ3v) is 3.60. The number of benzene rings is 2. The van der Waals surface area contributed by atoms with Gasteiger partial charge in [0.05, 0.1) is 7.06 Å². The molecule has 0 atom stereocenters. The molecule has 0 spiro atoms. The van der Waals surface area contributed by atoms with Gasteiger partial charge in [-0.1, -0.05) is 30.3 Å². The molecule has 0 amide bonds. The Morgan fingerprint density at radius 2 is 1.91 bits per heavy atom. The highest BCUT2D eigenvalue weighted by molar-refractivity contribution is 6.01. The Morgan fingerprint density at radius 3 is 2.61 bits per heavy atom. The zero-order valence-electron chi connectivity index (χ0n) is 19.1. The molecule has 0 aliphatic rings. The van der Waals surface area contributed by atoms with E-state index in [1.54, 1.807) is 18.2 Å². The number of aldehydes is 1. The molecular weight excluding hydrogens is 289 g/mol. The predicted octanol–water partition coefficient (Wildman–Crippen LogP) is 5.24. The topological polar surface area (TPSA) is 22.0 Å². The zero-order valence-corrected chi connectivity index (χ0v) is 12.1. The van der Waals surface area contributed by atoms with Crippen LogP contribution in [0.25, 0.3) is 28.1 Å². The second kappa shape index (κ2) is 6.21. The smallest absolute Gasteiger partial charge is 0.142 e. The zero-order chi connectivity index (χ0) is 22.3. The van der Waals surface area contributed by atoms with Gasteiger partial charge in [-0.2, -0.15) is 0 Å². The predicted molar refractivity (Wildman–Crippen MR) is 92.8 cm³/mol. The van der Waals surface area contributed by atoms with Crippen LogP contribution in [0.3, 0.4) is 0 Å². The van der Waals surface area contributed by atoms with Gasteiger partial charge in [0, 0.05) is 30.7 Å². The highest BCUT2D eigenvalue weighted by Gasteiger charge is 2.18. The van der Waals surface area contributed by atoms with Gasteiger partial charge in [-0.25, -0.2) is 4.39 Å². The molecule has 0 aliphatic carbocycles. The molecule has 2 aromatic carbocycles. The van der Waals surface area contributed by atoms with Crippen molar-refractivity contribution < 1.29 is 18.8 Å². The molecule has 0 aliphatic heterocycles. The summed E-state index contributed by atoms with van der Waals surface area (Å²) in [5.74, 6) is -0.479. The lowest BCUT2D eigenvalue weighted by Gasteiger charge is -2.13. The molecule has 1 heterocycles. The summed E-state index contributed by atoms with van der Waals surface area (Å²) in [4.78, 5) is 11.0. The minimum absolute atomic E-state index is 0.0529. The summed E-state index contributed by atoms with van der Waals surface area (Å²) in [5.41, 5.74) is 1.13. The number of para-hydroxylation sites is 1. The van der Waals surface area contributed by atoms with E-state index in [0.29, 0.717) is 22.8 Å². The van der Waals surface area contributed by atoms with Crippen molar-refractivity contribution in [2.75, 3.05) is 0 Å². The quantitative estimate of drug-likeness (QED) is 0.477. The number of carbonyl (C=O) groups excluding carboxylic acids is 1. The first-order chi connectivity index (χ1) is 13.9. The lowest BCUT2D eigenvalue weighted by Crippen LogP contribution is -2.02. The van der Waals surface area contributed by atoms with Gasteiger partial charge in [-0.15, -0.1) is 0 Å². The van der Waals surface area contributed by atoms with E-state index in [1.165, 1.54) is 36.4 Å². The van der Waals surface area contributed by atoms with Crippen molar-refractivity contribution >= 4 is 23.3 Å². The molecule has 0 saturated heterocycles. The van der Waals surface area contributed by atoms with E-state index < -0.39 is 25.5 Å². The number of hydrogen-bond donors (Lipinski definition) is 0. The van der Waals surface area contributed by atoms with Crippen LogP contribution in [0.1, 0.15) is 35.0 Å². The summed E-state index contributed by atoms with van der Waals surface area (Å²) in [7, 11) is 0. The van der Waals surface area contributed by atoms with Crippen LogP contribution in [-0.2, 0) is 4.79 Å². The minimum Gasteiger partial charge on any atom is -0.338 e. The third-order valence-electron chi connectivity index (χ3n) is 3.60. The number of allylic oxidation sites excluding steroid dienone is 1. The van der Waals surface area contributed by atoms with Crippen molar-refractivity contribution in [3.05, 3.63) is 66.1 Å². The van der Waals surface area contributed by atoms with Crippen LogP contribution >= 0.6 is 0 Å². The molecule has 0 bridgehead atoms. The Labute approximate surface area is 144 Å². The van der Waals surface area contributed by atoms with E-state index >= 15 is 0 Å². The number of nitrogens with zero attached hydrogens (tertiary/aromatic N) is 1. The Bertz CT molecular complexity index is 1100. The van der Waals surface area contributed by atoms with Gasteiger partial charge in [0.2, 0.25) is 0 Å². The fraction of sp³-hybridized carbons (Fsp3) is 0.150. The Hall–Kier alpha value is -2.68. The van der Waals surface area contributed by atoms with Gasteiger partial charge in [0.1, 0.15) is 12.1 Å². The van der Waals surface area contributed by atoms with E-state index in [1.807, 2.05) is 0 Å². The van der Waals surface area contributed by atoms with Gasteiger partial charge in [-0.05, 0) is 49.6 Å². The average molecular weight is 314 g/mol. The number of aromatic nitrogens is 1. The highest BCUT2D eigenvalue weighted by atomic mass is 19.1. The second-order valence-corrected chi connectivity index (χ2v) is 4.96. The lowest BCUT2D eigenvalue weighted by atomic mass is 10.0. The summed E-state index contributed by atoms with van der Waals surface area (Å²) in [6.07, 6.45) is 2.83. The first-order valence-electron chi connectivity index (χ1n) is 10.4. The Morgan fingerprint density at radius 1 is 1.17 bits per heavy atom. The van der Waals surface area contributed by atoms with Crippen LogP contribution in [0.5, 0.6) is 0 Å². The van der Waals surface area contributed by atoms with Gasteiger partial charge in [0.15, 0.2) is 0 Å². The number of fused-ring (bicyclic) bond motifs is 1. The fourth-order valence-electron chi connectivity index (χ4n) is 2.71. The molecule has 3 rings (SSSR count). The maximum Gasteiger partial charge on any atom is 0.142 e. The van der Waals surface area contributed by atoms with Crippen molar-refractivity contribution in [2.45, 2.75) is 19.7 Å². The summed E-state index contributed by atoms with van der Waals surface area (Å²) in [5, 5.41) is 0.472. The van der Waals surface area contributed by atoms with Crippen LogP contribution in [-0.4, -0.2) is 10.9 Å². The standard InChI is InChI=1S/C20H18FNO/c1-14(2)22-18-7-4-3-6-17(18)20(19(22)8-5-13-23)15-9-11-16(21)12-10-15/h3-14H,1-2H3/b8-5+/i1D3,2D3,14D. The molecule has 3 heteroatoms. The first kappa shape index (κ1) is 8.82. The molecule has 0 saturated carbocycles. The monoisotopic (exact) mass is 314 g/mol. The van der Waals surface area contributed by atoms with Gasteiger partial charge in [0.25, 0.3) is 0 Å². The highest BCUT2D eigenvalue weighted by Crippen LogP contribution is 2.37. The number of rotatable bonds is 4. The molecule has 0 radical (unpaired) electrons. The fourth-order valence-corrected chi connectivity index (χ4v) is 2.71. The van der Waals surface area contributed by atoms with Crippen LogP contribution < -0.4 is 0 Å². The van der Waals surface area contributed by atoms with E-state index in [9.17, 15) is 9.18 Å². The molecule has 116 valence electrons. The van der Waals surface area contributed by atoms with Crippen LogP contribution in [0.15, 0.2) is 54.6 Å². The first-order valence-corrected chi connectivity index (χ1v) is 6.95. The van der Waals surface area contributed by atoms with Crippen molar-refractivity contribution in [2.24, 2.45) is 0 Å². The lowest BCUT2D eigenvalue weighted by molar-refractivity contribution is -0.104. The Kier molecular flexibility index (Phi) is 2.38. The number of carbonyl (C=O) groups is 1. The molecule has 2 nitrogen and oxygen atoms in total. The van der Waals surface area contributed by atoms with Crippen molar-refractivity contribution in [3.8, 4) is 11.1 Å². The molecule has 0 fully saturated rings. The van der Waals surface area contributed by atoms with Crippen molar-refractivity contribution in [3.63, 3.8) is 0 Å². The molecular formula is C20H18FNO. The maximum atomic E-state index is 13.5. The van der Waals surface area contributed by atoms with Gasteiger partial charge in [-0.3, -0.25) is 4.79 Å². The maximum absolute atomic E-state index is 13.5. The van der Waals surface area contributed by atoms with E-state index in [4.69, 9.17) is 9.60 Å². The second-order valence-electron chi connectivity index (χ2n) is 4.96. The number of hydrogen-bond acceptors (Lipinski definition) is 1. The van der Waals surface area contributed by atoms with Gasteiger partial charge < -0.3 is 4.57 Å². The van der Waals surface area contributed by atoms with Crippen LogP contribution in [0.4, 0.5) is 4.39 Å². The molecule has 0 N–H and O–H groups in total. The van der Waals surface area contributed by atoms with Crippen LogP contribution in [0, 0.1) is 5.82 Å². The van der Waals surface area contributed by atoms with Crippen molar-refractivity contribution in [1.29, 1.82) is 0 Å². The largest absolute Gasteiger partial charge is 0.338 e. The summed E-state index contributed by atoms with van der Waals surface area (Å²) < 4.78 is 70.5. The van der Waals surface area contributed by atoms with Gasteiger partial charge >= 0.3 is 0 Å². The SMILES string of the molecule is [2H]C([2H])([2H])C([2H])(n1c(/C=C/C=O)c(-c2ccc(F)cc2)c2ccccc21)C([2H])([2H])[2H]. The summed E-state index contributed by atoms with van der Waals surface area (Å²) >= 11 is 0. The third kappa shape index (κ3) is 2.70. The van der Waals surface area contributed by atoms with Crippen LogP contribution in [0.2, 0.25) is 0 Å². The van der Waals surface area contributed by atoms with Crippen molar-refractivity contribution in [1.82, 2.24) is 4.57 Å². The minimum atomic E-state index is -3.23. The average Bonchev–Trinajstić information content (AvgIpc) is 2.98. The molecule has 1 aromatic heterocycles. The Balaban J connectivity index is 2.56. The number of halogens is 1. The van der Waals surface area contributed by atoms with E-state index in [0.717, 1.165) is 10.6 Å². The van der Waals surface area contributed by atoms with E-state index in [2.05, 4.69) is 0 Å².